The van der Waals surface area contributed by atoms with Crippen molar-refractivity contribution in [1.82, 2.24) is 15.6 Å². The van der Waals surface area contributed by atoms with Crippen molar-refractivity contribution in [2.45, 2.75) is 12.0 Å². The Labute approximate surface area is 221 Å². The maximum absolute atomic E-state index is 13.2. The van der Waals surface area contributed by atoms with Crippen molar-refractivity contribution in [3.8, 4) is 40.0 Å². The fraction of sp³-hybridized carbons (Fsp3) is 0.143. The van der Waals surface area contributed by atoms with Crippen molar-refractivity contribution in [1.29, 1.82) is 0 Å². The molecular weight excluding hydrogens is 509 g/mol. The molecule has 1 aromatic heterocycles. The summed E-state index contributed by atoms with van der Waals surface area (Å²) in [5, 5.41) is 4.12. The highest BCUT2D eigenvalue weighted by Gasteiger charge is 2.52. The van der Waals surface area contributed by atoms with Crippen LogP contribution in [0.1, 0.15) is 6.42 Å². The number of nitrogens with zero attached hydrogens (tertiary/aromatic N) is 1. The van der Waals surface area contributed by atoms with Gasteiger partial charge in [0, 0.05) is 24.7 Å². The summed E-state index contributed by atoms with van der Waals surface area (Å²) in [7, 11) is 1.42. The van der Waals surface area contributed by atoms with E-state index in [0.29, 0.717) is 28.7 Å². The third kappa shape index (κ3) is 5.48. The summed E-state index contributed by atoms with van der Waals surface area (Å²) in [6, 6.07) is 18.4. The van der Waals surface area contributed by atoms with Crippen LogP contribution >= 0.6 is 0 Å². The Morgan fingerprint density at radius 3 is 2.00 bits per heavy atom. The van der Waals surface area contributed by atoms with Crippen molar-refractivity contribution in [2.75, 3.05) is 13.7 Å². The SMILES string of the molecule is COCCC1(Oc2ccc(Oc3ccc(-c4ncc(-c5ccc(F)cc5)o4)cc3)cc2)C(=O)NC(=O)NC1=O. The van der Waals surface area contributed by atoms with Crippen LogP contribution in [0.4, 0.5) is 9.18 Å². The molecule has 0 radical (unpaired) electrons. The zero-order valence-corrected chi connectivity index (χ0v) is 20.6. The number of nitrogens with one attached hydrogen (secondary N) is 2. The number of hydrogen-bond donors (Lipinski definition) is 2. The van der Waals surface area contributed by atoms with Crippen molar-refractivity contribution in [3.05, 3.63) is 84.8 Å². The number of rotatable bonds is 9. The molecule has 0 atom stereocenters. The third-order valence-electron chi connectivity index (χ3n) is 5.93. The van der Waals surface area contributed by atoms with E-state index in [9.17, 15) is 18.8 Å². The van der Waals surface area contributed by atoms with Gasteiger partial charge in [-0.25, -0.2) is 14.2 Å². The summed E-state index contributed by atoms with van der Waals surface area (Å²) in [5.74, 6) is 0.0865. The molecule has 2 N–H and O–H groups in total. The second-order valence-corrected chi connectivity index (χ2v) is 8.54. The van der Waals surface area contributed by atoms with Crippen LogP contribution in [-0.2, 0) is 14.3 Å². The molecule has 10 nitrogen and oxygen atoms in total. The molecule has 11 heteroatoms. The van der Waals surface area contributed by atoms with E-state index in [1.807, 2.05) is 0 Å². The topological polar surface area (TPSA) is 129 Å². The van der Waals surface area contributed by atoms with Crippen LogP contribution in [0.25, 0.3) is 22.8 Å². The highest BCUT2D eigenvalue weighted by molar-refractivity contribution is 6.21. The molecule has 1 aliphatic rings. The second kappa shape index (κ2) is 10.8. The highest BCUT2D eigenvalue weighted by atomic mass is 19.1. The molecule has 1 aliphatic heterocycles. The standard InChI is InChI=1S/C28H22FN3O7/c1-36-15-14-28(25(33)31-27(35)32-26(28)34)39-22-12-10-21(11-13-22)37-20-8-4-18(5-9-20)24-30-16-23(38-24)17-2-6-19(29)7-3-17/h2-13,16H,14-15H2,1H3,(H2,31,32,33,34,35). The molecule has 0 saturated carbocycles. The number of imide groups is 2. The molecule has 2 heterocycles. The minimum Gasteiger partial charge on any atom is -0.467 e. The number of oxazole rings is 1. The fourth-order valence-electron chi connectivity index (χ4n) is 3.89. The summed E-state index contributed by atoms with van der Waals surface area (Å²) in [5.41, 5.74) is -0.521. The average Bonchev–Trinajstić information content (AvgIpc) is 3.42. The predicted molar refractivity (Wildman–Crippen MR) is 135 cm³/mol. The minimum atomic E-state index is -1.96. The first-order chi connectivity index (χ1) is 18.9. The van der Waals surface area contributed by atoms with Crippen molar-refractivity contribution < 1.29 is 37.4 Å². The van der Waals surface area contributed by atoms with E-state index in [0.717, 1.165) is 5.56 Å². The lowest BCUT2D eigenvalue weighted by molar-refractivity contribution is -0.153. The Bertz CT molecular complexity index is 1480. The van der Waals surface area contributed by atoms with Crippen LogP contribution in [0.15, 0.2) is 83.4 Å². The number of carbonyl (C=O) groups is 3. The first-order valence-corrected chi connectivity index (χ1v) is 11.8. The first kappa shape index (κ1) is 25.6. The molecule has 4 amide bonds. The molecule has 0 aliphatic carbocycles. The van der Waals surface area contributed by atoms with Gasteiger partial charge in [0.15, 0.2) is 5.76 Å². The van der Waals surface area contributed by atoms with Gasteiger partial charge in [0.1, 0.15) is 23.1 Å². The van der Waals surface area contributed by atoms with E-state index in [1.54, 1.807) is 66.9 Å². The number of urea groups is 1. The van der Waals surface area contributed by atoms with E-state index >= 15 is 0 Å². The van der Waals surface area contributed by atoms with E-state index < -0.39 is 23.4 Å². The lowest BCUT2D eigenvalue weighted by Crippen LogP contribution is -2.69. The number of ether oxygens (including phenoxy) is 3. The minimum absolute atomic E-state index is 0.0489. The van der Waals surface area contributed by atoms with Crippen LogP contribution in [0.2, 0.25) is 0 Å². The van der Waals surface area contributed by atoms with Gasteiger partial charge in [-0.3, -0.25) is 20.2 Å². The first-order valence-electron chi connectivity index (χ1n) is 11.8. The summed E-state index contributed by atoms with van der Waals surface area (Å²) in [6.07, 6.45) is 1.48. The fourth-order valence-corrected chi connectivity index (χ4v) is 3.89. The second-order valence-electron chi connectivity index (χ2n) is 8.54. The van der Waals surface area contributed by atoms with Gasteiger partial charge in [-0.1, -0.05) is 0 Å². The van der Waals surface area contributed by atoms with Crippen LogP contribution in [0.5, 0.6) is 17.2 Å². The number of halogens is 1. The quantitative estimate of drug-likeness (QED) is 0.303. The summed E-state index contributed by atoms with van der Waals surface area (Å²) < 4.78 is 35.7. The number of benzene rings is 3. The van der Waals surface area contributed by atoms with Crippen molar-refractivity contribution >= 4 is 17.8 Å². The van der Waals surface area contributed by atoms with E-state index in [1.165, 1.54) is 19.2 Å². The monoisotopic (exact) mass is 531 g/mol. The third-order valence-corrected chi connectivity index (χ3v) is 5.93. The zero-order valence-electron chi connectivity index (χ0n) is 20.6. The van der Waals surface area contributed by atoms with Gasteiger partial charge >= 0.3 is 6.03 Å². The molecule has 1 fully saturated rings. The van der Waals surface area contributed by atoms with Crippen LogP contribution in [0.3, 0.4) is 0 Å². The molecule has 5 rings (SSSR count). The van der Waals surface area contributed by atoms with Crippen molar-refractivity contribution in [2.24, 2.45) is 0 Å². The summed E-state index contributed by atoms with van der Waals surface area (Å²) >= 11 is 0. The molecule has 1 saturated heterocycles. The van der Waals surface area contributed by atoms with Crippen LogP contribution < -0.4 is 20.1 Å². The van der Waals surface area contributed by atoms with Crippen LogP contribution in [-0.4, -0.2) is 42.1 Å². The van der Waals surface area contributed by atoms with Gasteiger partial charge in [0.05, 0.1) is 12.8 Å². The van der Waals surface area contributed by atoms with Gasteiger partial charge in [-0.05, 0) is 72.8 Å². The molecule has 0 spiro atoms. The smallest absolute Gasteiger partial charge is 0.328 e. The number of barbiturate groups is 1. The molecule has 39 heavy (non-hydrogen) atoms. The number of methoxy groups -OCH3 is 1. The number of carbonyl (C=O) groups excluding carboxylic acids is 3. The van der Waals surface area contributed by atoms with Gasteiger partial charge < -0.3 is 18.6 Å². The van der Waals surface area contributed by atoms with Gasteiger partial charge in [-0.2, -0.15) is 0 Å². The Morgan fingerprint density at radius 1 is 0.821 bits per heavy atom. The maximum Gasteiger partial charge on any atom is 0.328 e. The number of amides is 4. The van der Waals surface area contributed by atoms with E-state index in [-0.39, 0.29) is 24.6 Å². The molecule has 3 aromatic carbocycles. The Hall–Kier alpha value is -5.03. The largest absolute Gasteiger partial charge is 0.467 e. The Balaban J connectivity index is 1.25. The van der Waals surface area contributed by atoms with E-state index in [2.05, 4.69) is 15.6 Å². The molecule has 0 bridgehead atoms. The van der Waals surface area contributed by atoms with Gasteiger partial charge in [0.25, 0.3) is 17.4 Å². The maximum atomic E-state index is 13.2. The lowest BCUT2D eigenvalue weighted by atomic mass is 9.95. The molecular formula is C28H22FN3O7. The number of aromatic nitrogens is 1. The zero-order chi connectivity index (χ0) is 27.4. The van der Waals surface area contributed by atoms with E-state index in [4.69, 9.17) is 18.6 Å². The van der Waals surface area contributed by atoms with Crippen molar-refractivity contribution in [3.63, 3.8) is 0 Å². The average molecular weight is 531 g/mol. The summed E-state index contributed by atoms with van der Waals surface area (Å²) in [6.45, 7) is 0.0489. The number of hydrogen-bond acceptors (Lipinski definition) is 8. The predicted octanol–water partition coefficient (Wildman–Crippen LogP) is 4.46. The van der Waals surface area contributed by atoms with Gasteiger partial charge in [0.2, 0.25) is 5.89 Å². The van der Waals surface area contributed by atoms with Crippen LogP contribution in [0, 0.1) is 5.82 Å². The van der Waals surface area contributed by atoms with Gasteiger partial charge in [-0.15, -0.1) is 0 Å². The molecule has 198 valence electrons. The molecule has 0 unspecified atom stereocenters. The highest BCUT2D eigenvalue weighted by Crippen LogP contribution is 2.31. The Morgan fingerprint density at radius 2 is 1.38 bits per heavy atom. The summed E-state index contributed by atoms with van der Waals surface area (Å²) in [4.78, 5) is 40.9. The Kier molecular flexibility index (Phi) is 7.06. The lowest BCUT2D eigenvalue weighted by Gasteiger charge is -2.34. The molecule has 4 aromatic rings. The normalized spacial score (nSPS) is 14.5.